The second-order valence-corrected chi connectivity index (χ2v) is 8.47. The highest BCUT2D eigenvalue weighted by Crippen LogP contribution is 2.39. The minimum absolute atomic E-state index is 0.0356. The van der Waals surface area contributed by atoms with E-state index in [-0.39, 0.29) is 22.0 Å². The molecule has 116 valence electrons. The van der Waals surface area contributed by atoms with Crippen molar-refractivity contribution >= 4 is 21.2 Å². The minimum Gasteiger partial charge on any atom is -0.377 e. The van der Waals surface area contributed by atoms with E-state index in [0.29, 0.717) is 5.69 Å². The van der Waals surface area contributed by atoms with E-state index in [4.69, 9.17) is 0 Å². The van der Waals surface area contributed by atoms with Crippen LogP contribution in [0, 0.1) is 15.5 Å². The van der Waals surface area contributed by atoms with E-state index in [1.165, 1.54) is 12.1 Å². The fourth-order valence-corrected chi connectivity index (χ4v) is 3.44. The van der Waals surface area contributed by atoms with Crippen LogP contribution in [-0.2, 0) is 9.84 Å². The van der Waals surface area contributed by atoms with Gasteiger partial charge in [-0.05, 0) is 36.8 Å². The molecule has 21 heavy (non-hydrogen) atoms. The van der Waals surface area contributed by atoms with Crippen molar-refractivity contribution in [1.82, 2.24) is 0 Å². The van der Waals surface area contributed by atoms with Crippen LogP contribution in [0.25, 0.3) is 0 Å². The molecule has 2 rings (SSSR count). The van der Waals surface area contributed by atoms with Crippen LogP contribution in [-0.4, -0.2) is 25.6 Å². The Kier molecular flexibility index (Phi) is 3.97. The number of hydrogen-bond donors (Lipinski definition) is 1. The van der Waals surface area contributed by atoms with E-state index in [1.54, 1.807) is 0 Å². The first kappa shape index (κ1) is 15.8. The third kappa shape index (κ3) is 3.72. The lowest BCUT2D eigenvalue weighted by Gasteiger charge is -2.18. The maximum absolute atomic E-state index is 11.5. The van der Waals surface area contributed by atoms with Gasteiger partial charge in [-0.15, -0.1) is 0 Å². The highest BCUT2D eigenvalue weighted by molar-refractivity contribution is 7.90. The molecule has 1 unspecified atom stereocenters. The van der Waals surface area contributed by atoms with Gasteiger partial charge in [0.2, 0.25) is 0 Å². The van der Waals surface area contributed by atoms with Crippen LogP contribution < -0.4 is 5.32 Å². The molecule has 0 spiro atoms. The molecule has 1 aliphatic rings. The molecule has 1 aromatic rings. The van der Waals surface area contributed by atoms with Crippen molar-refractivity contribution in [3.05, 3.63) is 28.3 Å². The van der Waals surface area contributed by atoms with Crippen molar-refractivity contribution in [1.29, 1.82) is 0 Å². The molecule has 0 amide bonds. The number of nitro groups is 1. The molecule has 1 aromatic carbocycles. The Balaban J connectivity index is 2.30. The maximum Gasteiger partial charge on any atom is 0.293 e. The van der Waals surface area contributed by atoms with Crippen LogP contribution in [0.1, 0.15) is 33.1 Å². The number of sulfone groups is 1. The summed E-state index contributed by atoms with van der Waals surface area (Å²) in [5, 5.41) is 14.4. The second-order valence-electron chi connectivity index (χ2n) is 6.46. The Morgan fingerprint density at radius 3 is 2.52 bits per heavy atom. The van der Waals surface area contributed by atoms with Crippen LogP contribution in [0.4, 0.5) is 11.4 Å². The van der Waals surface area contributed by atoms with Gasteiger partial charge in [-0.1, -0.05) is 13.8 Å². The number of anilines is 1. The van der Waals surface area contributed by atoms with E-state index >= 15 is 0 Å². The first-order valence-corrected chi connectivity index (χ1v) is 8.73. The summed E-state index contributed by atoms with van der Waals surface area (Å²) in [7, 11) is -3.45. The molecule has 0 aromatic heterocycles. The summed E-state index contributed by atoms with van der Waals surface area (Å²) in [6.07, 6.45) is 4.01. The van der Waals surface area contributed by atoms with Gasteiger partial charge in [0.05, 0.1) is 9.82 Å². The largest absolute Gasteiger partial charge is 0.377 e. The number of hydrogen-bond acceptors (Lipinski definition) is 5. The Bertz CT molecular complexity index is 668. The summed E-state index contributed by atoms with van der Waals surface area (Å²) < 4.78 is 23.0. The zero-order chi connectivity index (χ0) is 15.8. The average Bonchev–Trinajstić information content (AvgIpc) is 2.67. The minimum atomic E-state index is -3.45. The molecule has 1 aliphatic carbocycles. The smallest absolute Gasteiger partial charge is 0.293 e. The van der Waals surface area contributed by atoms with Crippen molar-refractivity contribution in [2.24, 2.45) is 5.41 Å². The lowest BCUT2D eigenvalue weighted by Crippen LogP contribution is -2.18. The monoisotopic (exact) mass is 312 g/mol. The number of benzene rings is 1. The first-order valence-electron chi connectivity index (χ1n) is 6.83. The Labute approximate surface area is 124 Å². The Hall–Kier alpha value is -1.63. The van der Waals surface area contributed by atoms with Crippen LogP contribution in [0.5, 0.6) is 0 Å². The molecule has 0 bridgehead atoms. The summed E-state index contributed by atoms with van der Waals surface area (Å²) in [6, 6.07) is 4.20. The highest BCUT2D eigenvalue weighted by Gasteiger charge is 2.32. The zero-order valence-corrected chi connectivity index (χ0v) is 13.2. The standard InChI is InChI=1S/C14H20N2O4S/c1-14(2)7-6-10(9-14)15-12-5-4-11(21(3,19)20)8-13(12)16(17)18/h4-5,8,10,15H,6-7,9H2,1-3H3. The highest BCUT2D eigenvalue weighted by atomic mass is 32.2. The molecule has 6 nitrogen and oxygen atoms in total. The van der Waals surface area contributed by atoms with Gasteiger partial charge in [-0.25, -0.2) is 8.42 Å². The summed E-state index contributed by atoms with van der Waals surface area (Å²) in [5.74, 6) is 0. The SMILES string of the molecule is CC1(C)CCC(Nc2ccc(S(C)(=O)=O)cc2[N+](=O)[O-])C1. The predicted octanol–water partition coefficient (Wildman–Crippen LogP) is 2.99. The van der Waals surface area contributed by atoms with Crippen LogP contribution in [0.3, 0.4) is 0 Å². The predicted molar refractivity (Wildman–Crippen MR) is 81.2 cm³/mol. The average molecular weight is 312 g/mol. The molecule has 0 heterocycles. The van der Waals surface area contributed by atoms with Gasteiger partial charge in [0.15, 0.2) is 9.84 Å². The molecular weight excluding hydrogens is 292 g/mol. The van der Waals surface area contributed by atoms with Crippen LogP contribution in [0.15, 0.2) is 23.1 Å². The third-order valence-corrected chi connectivity index (χ3v) is 5.03. The van der Waals surface area contributed by atoms with Crippen molar-refractivity contribution in [2.75, 3.05) is 11.6 Å². The molecule has 1 N–H and O–H groups in total. The van der Waals surface area contributed by atoms with Gasteiger partial charge in [-0.3, -0.25) is 10.1 Å². The van der Waals surface area contributed by atoms with E-state index < -0.39 is 14.8 Å². The van der Waals surface area contributed by atoms with E-state index in [2.05, 4.69) is 19.2 Å². The fourth-order valence-electron chi connectivity index (χ4n) is 2.79. The molecule has 0 radical (unpaired) electrons. The van der Waals surface area contributed by atoms with Gasteiger partial charge in [0.25, 0.3) is 5.69 Å². The maximum atomic E-state index is 11.5. The number of nitrogens with one attached hydrogen (secondary N) is 1. The zero-order valence-electron chi connectivity index (χ0n) is 12.4. The molecule has 0 saturated heterocycles. The first-order chi connectivity index (χ1) is 9.58. The van der Waals surface area contributed by atoms with Crippen molar-refractivity contribution in [2.45, 2.75) is 44.0 Å². The molecule has 1 fully saturated rings. The number of rotatable bonds is 4. The van der Waals surface area contributed by atoms with E-state index in [9.17, 15) is 18.5 Å². The molecule has 7 heteroatoms. The van der Waals surface area contributed by atoms with Gasteiger partial charge in [0.1, 0.15) is 5.69 Å². The summed E-state index contributed by atoms with van der Waals surface area (Å²) in [4.78, 5) is 10.6. The molecule has 1 atom stereocenters. The topological polar surface area (TPSA) is 89.3 Å². The van der Waals surface area contributed by atoms with Crippen LogP contribution in [0.2, 0.25) is 0 Å². The summed E-state index contributed by atoms with van der Waals surface area (Å²) >= 11 is 0. The lowest BCUT2D eigenvalue weighted by molar-refractivity contribution is -0.384. The van der Waals surface area contributed by atoms with Gasteiger partial charge >= 0.3 is 0 Å². The third-order valence-electron chi connectivity index (χ3n) is 3.92. The Morgan fingerprint density at radius 2 is 2.05 bits per heavy atom. The Morgan fingerprint density at radius 1 is 1.38 bits per heavy atom. The number of nitrogens with zero attached hydrogens (tertiary/aromatic N) is 1. The molecular formula is C14H20N2O4S. The van der Waals surface area contributed by atoms with Crippen molar-refractivity contribution < 1.29 is 13.3 Å². The van der Waals surface area contributed by atoms with Gasteiger partial charge in [-0.2, -0.15) is 0 Å². The van der Waals surface area contributed by atoms with Crippen molar-refractivity contribution in [3.63, 3.8) is 0 Å². The fraction of sp³-hybridized carbons (Fsp3) is 0.571. The van der Waals surface area contributed by atoms with E-state index in [0.717, 1.165) is 31.6 Å². The number of nitro benzene ring substituents is 1. The quantitative estimate of drug-likeness (QED) is 0.682. The molecule has 1 saturated carbocycles. The molecule has 0 aliphatic heterocycles. The summed E-state index contributed by atoms with van der Waals surface area (Å²) in [5.41, 5.74) is 0.428. The lowest BCUT2D eigenvalue weighted by atomic mass is 9.92. The normalized spacial score (nSPS) is 21.2. The second kappa shape index (κ2) is 5.29. The van der Waals surface area contributed by atoms with Gasteiger partial charge < -0.3 is 5.32 Å². The van der Waals surface area contributed by atoms with Crippen LogP contribution >= 0.6 is 0 Å². The van der Waals surface area contributed by atoms with Crippen molar-refractivity contribution in [3.8, 4) is 0 Å². The van der Waals surface area contributed by atoms with E-state index in [1.807, 2.05) is 0 Å². The van der Waals surface area contributed by atoms with Gasteiger partial charge in [0, 0.05) is 18.4 Å². The summed E-state index contributed by atoms with van der Waals surface area (Å²) in [6.45, 7) is 4.35.